The molecule has 0 unspecified atom stereocenters. The molecule has 41 heavy (non-hydrogen) atoms. The lowest BCUT2D eigenvalue weighted by Crippen LogP contribution is -2.49. The van der Waals surface area contributed by atoms with Gasteiger partial charge < -0.3 is 14.7 Å². The van der Waals surface area contributed by atoms with Crippen LogP contribution in [0.5, 0.6) is 0 Å². The molecule has 3 aromatic carbocycles. The Kier molecular flexibility index (Phi) is 8.37. The van der Waals surface area contributed by atoms with E-state index in [9.17, 15) is 14.3 Å². The van der Waals surface area contributed by atoms with E-state index in [2.05, 4.69) is 34.9 Å². The SMILES string of the molecule is Cc1cc(C)c(C(=O)N2CCN(c3ccccc3[S@@](C)(=N)=O)CC2)cc1CC1CCN(c2ccccc2C#N)CC1. The van der Waals surface area contributed by atoms with E-state index in [4.69, 9.17) is 4.78 Å². The van der Waals surface area contributed by atoms with Crippen LogP contribution in [0.3, 0.4) is 0 Å². The van der Waals surface area contributed by atoms with Gasteiger partial charge in [0.25, 0.3) is 5.91 Å². The van der Waals surface area contributed by atoms with Gasteiger partial charge in [0.1, 0.15) is 6.07 Å². The van der Waals surface area contributed by atoms with Crippen molar-refractivity contribution in [2.75, 3.05) is 55.3 Å². The first-order valence-electron chi connectivity index (χ1n) is 14.4. The normalized spacial score (nSPS) is 17.7. The van der Waals surface area contributed by atoms with Crippen LogP contribution in [0, 0.1) is 35.9 Å². The minimum Gasteiger partial charge on any atom is -0.370 e. The van der Waals surface area contributed by atoms with Crippen molar-refractivity contribution in [1.29, 1.82) is 10.0 Å². The summed E-state index contributed by atoms with van der Waals surface area (Å²) in [5.74, 6) is 0.610. The van der Waals surface area contributed by atoms with E-state index in [1.165, 1.54) is 17.4 Å². The van der Waals surface area contributed by atoms with E-state index in [0.717, 1.165) is 60.4 Å². The molecule has 5 rings (SSSR count). The number of carbonyl (C=O) groups is 1. The van der Waals surface area contributed by atoms with Crippen molar-refractivity contribution in [3.05, 3.63) is 88.5 Å². The molecule has 3 aromatic rings. The van der Waals surface area contributed by atoms with Gasteiger partial charge in [-0.15, -0.1) is 0 Å². The Labute approximate surface area is 244 Å². The zero-order valence-corrected chi connectivity index (χ0v) is 25.0. The highest BCUT2D eigenvalue weighted by Gasteiger charge is 2.27. The summed E-state index contributed by atoms with van der Waals surface area (Å²) < 4.78 is 20.6. The number of nitrogens with zero attached hydrogens (tertiary/aromatic N) is 4. The maximum absolute atomic E-state index is 13.7. The second-order valence-electron chi connectivity index (χ2n) is 11.4. The number of piperazine rings is 1. The standard InChI is InChI=1S/C33H39N5O2S/c1-24-20-25(2)29(22-28(24)21-26-12-14-36(15-13-26)30-9-5-4-8-27(30)23-34)33(39)38-18-16-37(17-19-38)31-10-6-7-11-32(31)41(3,35)40/h4-11,20,22,26,35H,12-19,21H2,1-3H3/t41-/m0/s1. The van der Waals surface area contributed by atoms with E-state index in [1.807, 2.05) is 54.3 Å². The van der Waals surface area contributed by atoms with Crippen LogP contribution < -0.4 is 9.80 Å². The second-order valence-corrected chi connectivity index (χ2v) is 13.6. The highest BCUT2D eigenvalue weighted by Crippen LogP contribution is 2.30. The van der Waals surface area contributed by atoms with E-state index in [1.54, 1.807) is 6.07 Å². The molecule has 2 aliphatic heterocycles. The Balaban J connectivity index is 1.24. The Morgan fingerprint density at radius 3 is 2.17 bits per heavy atom. The highest BCUT2D eigenvalue weighted by molar-refractivity contribution is 7.91. The molecule has 7 nitrogen and oxygen atoms in total. The molecule has 2 saturated heterocycles. The largest absolute Gasteiger partial charge is 0.370 e. The lowest BCUT2D eigenvalue weighted by atomic mass is 9.86. The minimum atomic E-state index is -2.84. The van der Waals surface area contributed by atoms with Crippen LogP contribution in [-0.2, 0) is 16.1 Å². The van der Waals surface area contributed by atoms with Crippen LogP contribution in [0.2, 0.25) is 0 Å². The van der Waals surface area contributed by atoms with Crippen molar-refractivity contribution in [2.24, 2.45) is 5.92 Å². The number of piperidine rings is 1. The number of hydrogen-bond acceptors (Lipinski definition) is 6. The summed E-state index contributed by atoms with van der Waals surface area (Å²) in [6.45, 7) is 8.48. The number of carbonyl (C=O) groups excluding carboxylic acids is 1. The van der Waals surface area contributed by atoms with Crippen LogP contribution in [0.25, 0.3) is 0 Å². The van der Waals surface area contributed by atoms with Crippen LogP contribution >= 0.6 is 0 Å². The number of nitrogens with one attached hydrogen (secondary N) is 1. The lowest BCUT2D eigenvalue weighted by molar-refractivity contribution is 0.0745. The average molecular weight is 570 g/mol. The summed E-state index contributed by atoms with van der Waals surface area (Å²) in [7, 11) is -2.84. The van der Waals surface area contributed by atoms with Crippen molar-refractivity contribution in [3.63, 3.8) is 0 Å². The van der Waals surface area contributed by atoms with Crippen molar-refractivity contribution < 1.29 is 9.00 Å². The summed E-state index contributed by atoms with van der Waals surface area (Å²) in [6, 6.07) is 21.9. The summed E-state index contributed by atoms with van der Waals surface area (Å²) in [4.78, 5) is 20.7. The third-order valence-electron chi connectivity index (χ3n) is 8.59. The van der Waals surface area contributed by atoms with Crippen LogP contribution in [0.15, 0.2) is 65.6 Å². The Morgan fingerprint density at radius 1 is 0.902 bits per heavy atom. The van der Waals surface area contributed by atoms with Gasteiger partial charge in [-0.05, 0) is 86.1 Å². The smallest absolute Gasteiger partial charge is 0.254 e. The number of aryl methyl sites for hydroxylation is 2. The predicted molar refractivity (Wildman–Crippen MR) is 165 cm³/mol. The Hall–Kier alpha value is -3.83. The van der Waals surface area contributed by atoms with Gasteiger partial charge in [-0.1, -0.05) is 30.3 Å². The molecule has 0 aliphatic carbocycles. The van der Waals surface area contributed by atoms with Crippen molar-refractivity contribution in [1.82, 2.24) is 4.90 Å². The topological polar surface area (TPSA) is 91.5 Å². The molecular formula is C33H39N5O2S. The predicted octanol–water partition coefficient (Wildman–Crippen LogP) is 5.63. The fourth-order valence-corrected chi connectivity index (χ4v) is 7.18. The molecule has 8 heteroatoms. The van der Waals surface area contributed by atoms with Gasteiger partial charge in [0.15, 0.2) is 0 Å². The van der Waals surface area contributed by atoms with Gasteiger partial charge in [0, 0.05) is 51.1 Å². The summed E-state index contributed by atoms with van der Waals surface area (Å²) in [5.41, 5.74) is 6.86. The molecule has 1 atom stereocenters. The third-order valence-corrected chi connectivity index (χ3v) is 9.78. The number of para-hydroxylation sites is 2. The molecule has 2 heterocycles. The minimum absolute atomic E-state index is 0.0689. The van der Waals surface area contributed by atoms with Crippen LogP contribution in [0.4, 0.5) is 11.4 Å². The zero-order chi connectivity index (χ0) is 29.1. The molecule has 1 N–H and O–H groups in total. The van der Waals surface area contributed by atoms with Crippen molar-refractivity contribution >= 4 is 27.0 Å². The molecule has 2 aliphatic rings. The first-order chi connectivity index (χ1) is 19.7. The maximum atomic E-state index is 13.7. The third kappa shape index (κ3) is 6.25. The second kappa shape index (κ2) is 12.0. The Bertz CT molecular complexity index is 1580. The van der Waals surface area contributed by atoms with E-state index in [-0.39, 0.29) is 5.91 Å². The summed E-state index contributed by atoms with van der Waals surface area (Å²) in [5, 5.41) is 9.49. The monoisotopic (exact) mass is 569 g/mol. The summed E-state index contributed by atoms with van der Waals surface area (Å²) >= 11 is 0. The van der Waals surface area contributed by atoms with Gasteiger partial charge >= 0.3 is 0 Å². The number of anilines is 2. The molecule has 0 aromatic heterocycles. The van der Waals surface area contributed by atoms with Crippen LogP contribution in [0.1, 0.15) is 45.5 Å². The van der Waals surface area contributed by atoms with Gasteiger partial charge in [0.2, 0.25) is 0 Å². The van der Waals surface area contributed by atoms with Crippen molar-refractivity contribution in [2.45, 2.75) is 38.0 Å². The number of rotatable bonds is 6. The highest BCUT2D eigenvalue weighted by atomic mass is 32.2. The van der Waals surface area contributed by atoms with E-state index in [0.29, 0.717) is 37.0 Å². The Morgan fingerprint density at radius 2 is 1.51 bits per heavy atom. The summed E-state index contributed by atoms with van der Waals surface area (Å²) in [6.07, 6.45) is 4.53. The molecule has 0 spiro atoms. The average Bonchev–Trinajstić information content (AvgIpc) is 2.98. The molecule has 0 saturated carbocycles. The fraction of sp³-hybridized carbons (Fsp3) is 0.394. The maximum Gasteiger partial charge on any atom is 0.254 e. The van der Waals surface area contributed by atoms with E-state index >= 15 is 0 Å². The lowest BCUT2D eigenvalue weighted by Gasteiger charge is -2.37. The van der Waals surface area contributed by atoms with Crippen LogP contribution in [-0.4, -0.2) is 60.5 Å². The quantitative estimate of drug-likeness (QED) is 0.415. The molecule has 214 valence electrons. The van der Waals surface area contributed by atoms with Gasteiger partial charge in [-0.3, -0.25) is 4.79 Å². The number of amides is 1. The molecule has 2 fully saturated rings. The molecular weight excluding hydrogens is 530 g/mol. The molecule has 0 bridgehead atoms. The number of benzene rings is 3. The first-order valence-corrected chi connectivity index (χ1v) is 16.3. The number of hydrogen-bond donors (Lipinski definition) is 1. The van der Waals surface area contributed by atoms with Gasteiger partial charge in [0.05, 0.1) is 31.6 Å². The molecule has 1 amide bonds. The van der Waals surface area contributed by atoms with Crippen molar-refractivity contribution in [3.8, 4) is 6.07 Å². The van der Waals surface area contributed by atoms with E-state index < -0.39 is 9.73 Å². The zero-order valence-electron chi connectivity index (χ0n) is 24.2. The fourth-order valence-electron chi connectivity index (χ4n) is 6.25. The molecule has 0 radical (unpaired) electrons. The number of nitriles is 1. The van der Waals surface area contributed by atoms with Gasteiger partial charge in [-0.2, -0.15) is 5.26 Å². The first kappa shape index (κ1) is 28.7. The van der Waals surface area contributed by atoms with Gasteiger partial charge in [-0.25, -0.2) is 8.99 Å².